The lowest BCUT2D eigenvalue weighted by Gasteiger charge is -2.57. The van der Waals surface area contributed by atoms with Gasteiger partial charge in [0.15, 0.2) is 0 Å². The quantitative estimate of drug-likeness (QED) is 0.248. The molecule has 0 aromatic heterocycles. The molecular weight excluding hydrogens is 490 g/mol. The summed E-state index contributed by atoms with van der Waals surface area (Å²) in [6, 6.07) is -1.28. The number of nitrogens with zero attached hydrogens (tertiary/aromatic N) is 1. The topological polar surface area (TPSA) is 130 Å². The van der Waals surface area contributed by atoms with Crippen LogP contribution < -0.4 is 0 Å². The molecule has 3 aliphatic rings. The maximum Gasteiger partial charge on any atom is 0.331 e. The minimum Gasteiger partial charge on any atom is -0.481 e. The molecule has 1 saturated carbocycles. The summed E-state index contributed by atoms with van der Waals surface area (Å²) in [5.74, 6) is -3.56. The Morgan fingerprint density at radius 1 is 1.11 bits per heavy atom. The number of hydrogen-bond acceptors (Lipinski definition) is 6. The van der Waals surface area contributed by atoms with E-state index in [0.29, 0.717) is 17.6 Å². The standard InChI is InChI=1S/C29H39NO8/c1-6-7-8-9-10-12-21(33)38-24-23(37-5)18-17-30(19(27(35)36)13-14-20(31)32)26(34)22(18)29(4)16-11-15-28(2,3)25(24)29/h6-10,12,19,23-25H,11,13-17H2,1-5H3,(H,31,32)(H,35,36)/b7-6+,9-8+,12-10+/t19-,23-,24+,25-,29+/m0/s1. The van der Waals surface area contributed by atoms with Gasteiger partial charge in [-0.1, -0.05) is 57.6 Å². The highest BCUT2D eigenvalue weighted by Crippen LogP contribution is 2.62. The van der Waals surface area contributed by atoms with E-state index < -0.39 is 47.5 Å². The molecule has 2 N–H and O–H groups in total. The van der Waals surface area contributed by atoms with Gasteiger partial charge in [-0.25, -0.2) is 9.59 Å². The molecule has 1 fully saturated rings. The van der Waals surface area contributed by atoms with Crippen LogP contribution in [0.2, 0.25) is 0 Å². The van der Waals surface area contributed by atoms with Gasteiger partial charge in [-0.2, -0.15) is 0 Å². The molecule has 0 aromatic rings. The minimum absolute atomic E-state index is 0.0119. The molecule has 9 nitrogen and oxygen atoms in total. The zero-order valence-electron chi connectivity index (χ0n) is 22.8. The molecule has 1 amide bonds. The molecule has 38 heavy (non-hydrogen) atoms. The molecule has 0 unspecified atom stereocenters. The van der Waals surface area contributed by atoms with Gasteiger partial charge in [0.1, 0.15) is 18.2 Å². The van der Waals surface area contributed by atoms with Crippen LogP contribution >= 0.6 is 0 Å². The van der Waals surface area contributed by atoms with Gasteiger partial charge in [-0.15, -0.1) is 0 Å². The summed E-state index contributed by atoms with van der Waals surface area (Å²) in [6.45, 7) is 8.09. The smallest absolute Gasteiger partial charge is 0.331 e. The Balaban J connectivity index is 2.03. The van der Waals surface area contributed by atoms with E-state index in [-0.39, 0.29) is 30.7 Å². The van der Waals surface area contributed by atoms with Crippen LogP contribution in [0.15, 0.2) is 47.6 Å². The van der Waals surface area contributed by atoms with Crippen molar-refractivity contribution in [1.29, 1.82) is 0 Å². The largest absolute Gasteiger partial charge is 0.481 e. The number of allylic oxidation sites excluding steroid dienone is 5. The van der Waals surface area contributed by atoms with Crippen LogP contribution in [0.25, 0.3) is 0 Å². The van der Waals surface area contributed by atoms with Crippen molar-refractivity contribution >= 4 is 23.8 Å². The highest BCUT2D eigenvalue weighted by Gasteiger charge is 2.63. The van der Waals surface area contributed by atoms with E-state index in [1.807, 2.05) is 26.0 Å². The van der Waals surface area contributed by atoms with Crippen molar-refractivity contribution in [3.05, 3.63) is 47.6 Å². The van der Waals surface area contributed by atoms with Gasteiger partial charge in [0.25, 0.3) is 5.91 Å². The van der Waals surface area contributed by atoms with Crippen molar-refractivity contribution in [2.75, 3.05) is 13.7 Å². The number of carboxylic acid groups (broad SMARTS) is 2. The molecule has 9 heteroatoms. The van der Waals surface area contributed by atoms with Crippen LogP contribution in [0.5, 0.6) is 0 Å². The fraction of sp³-hybridized carbons (Fsp3) is 0.586. The zero-order chi connectivity index (χ0) is 28.3. The maximum absolute atomic E-state index is 13.9. The van der Waals surface area contributed by atoms with Crippen molar-refractivity contribution in [2.24, 2.45) is 16.7 Å². The van der Waals surface area contributed by atoms with Gasteiger partial charge >= 0.3 is 17.9 Å². The number of esters is 1. The van der Waals surface area contributed by atoms with Crippen molar-refractivity contribution in [2.45, 2.75) is 78.0 Å². The van der Waals surface area contributed by atoms with Crippen LogP contribution in [0, 0.1) is 16.7 Å². The predicted molar refractivity (Wildman–Crippen MR) is 140 cm³/mol. The molecule has 1 aliphatic heterocycles. The Hall–Kier alpha value is -3.20. The van der Waals surface area contributed by atoms with Crippen LogP contribution in [0.4, 0.5) is 0 Å². The van der Waals surface area contributed by atoms with Gasteiger partial charge in [0.2, 0.25) is 0 Å². The van der Waals surface area contributed by atoms with Crippen molar-refractivity contribution in [3.63, 3.8) is 0 Å². The molecule has 0 saturated heterocycles. The van der Waals surface area contributed by atoms with E-state index in [9.17, 15) is 24.3 Å². The summed E-state index contributed by atoms with van der Waals surface area (Å²) in [4.78, 5) is 51.3. The average molecular weight is 530 g/mol. The van der Waals surface area contributed by atoms with Gasteiger partial charge in [-0.3, -0.25) is 9.59 Å². The lowest BCUT2D eigenvalue weighted by Crippen LogP contribution is -2.58. The number of methoxy groups -OCH3 is 1. The van der Waals surface area contributed by atoms with Gasteiger partial charge in [0, 0.05) is 43.1 Å². The van der Waals surface area contributed by atoms with Crippen LogP contribution in [-0.2, 0) is 28.7 Å². The second kappa shape index (κ2) is 11.7. The molecule has 3 rings (SSSR count). The van der Waals surface area contributed by atoms with E-state index >= 15 is 0 Å². The monoisotopic (exact) mass is 529 g/mol. The number of fused-ring (bicyclic) bond motifs is 2. The fourth-order valence-electron chi connectivity index (χ4n) is 6.88. The summed E-state index contributed by atoms with van der Waals surface area (Å²) < 4.78 is 12.0. The third-order valence-corrected chi connectivity index (χ3v) is 8.28. The predicted octanol–water partition coefficient (Wildman–Crippen LogP) is 3.90. The molecule has 208 valence electrons. The number of rotatable bonds is 10. The molecule has 0 radical (unpaired) electrons. The summed E-state index contributed by atoms with van der Waals surface area (Å²) in [7, 11) is 1.50. The third-order valence-electron chi connectivity index (χ3n) is 8.28. The molecule has 0 spiro atoms. The number of ether oxygens (including phenoxy) is 2. The van der Waals surface area contributed by atoms with Gasteiger partial charge in [-0.05, 0) is 37.2 Å². The number of hydrogen-bond donors (Lipinski definition) is 2. The Kier molecular flexibility index (Phi) is 9.02. The number of aliphatic carboxylic acids is 2. The van der Waals surface area contributed by atoms with Crippen molar-refractivity contribution in [3.8, 4) is 0 Å². The second-order valence-electron chi connectivity index (χ2n) is 11.2. The first kappa shape index (κ1) is 29.4. The van der Waals surface area contributed by atoms with E-state index in [0.717, 1.165) is 12.8 Å². The number of carboxylic acids is 2. The Morgan fingerprint density at radius 3 is 2.39 bits per heavy atom. The fourth-order valence-corrected chi connectivity index (χ4v) is 6.88. The summed E-state index contributed by atoms with van der Waals surface area (Å²) in [5, 5.41) is 19.0. The van der Waals surface area contributed by atoms with Crippen molar-refractivity contribution < 1.29 is 38.9 Å². The van der Waals surface area contributed by atoms with Crippen LogP contribution in [0.3, 0.4) is 0 Å². The highest BCUT2D eigenvalue weighted by atomic mass is 16.6. The molecule has 0 aromatic carbocycles. The van der Waals surface area contributed by atoms with Crippen LogP contribution in [-0.4, -0.2) is 70.8 Å². The highest BCUT2D eigenvalue weighted by molar-refractivity contribution is 6.01. The van der Waals surface area contributed by atoms with Crippen molar-refractivity contribution in [1.82, 2.24) is 4.90 Å². The third kappa shape index (κ3) is 5.62. The van der Waals surface area contributed by atoms with Gasteiger partial charge in [0.05, 0.1) is 0 Å². The van der Waals surface area contributed by atoms with E-state index in [1.54, 1.807) is 18.2 Å². The molecular formula is C29H39NO8. The minimum atomic E-state index is -1.28. The van der Waals surface area contributed by atoms with E-state index in [2.05, 4.69) is 13.8 Å². The second-order valence-corrected chi connectivity index (χ2v) is 11.2. The van der Waals surface area contributed by atoms with E-state index in [4.69, 9.17) is 14.6 Å². The van der Waals surface area contributed by atoms with Crippen LogP contribution in [0.1, 0.15) is 59.8 Å². The molecule has 2 aliphatic carbocycles. The summed E-state index contributed by atoms with van der Waals surface area (Å²) in [6.07, 6.45) is 10.6. The lowest BCUT2D eigenvalue weighted by atomic mass is 9.49. The first-order valence-electron chi connectivity index (χ1n) is 13.1. The SMILES string of the molecule is C/C=C/C=C/C=C/C(=O)O[C@@H]1[C@@H](OC)C2=C(C(=O)N([C@@H](CCC(=O)O)C(=O)O)C2)[C@@]2(C)CCCC(C)(C)[C@H]12. The average Bonchev–Trinajstić information content (AvgIpc) is 3.15. The Labute approximate surface area is 223 Å². The summed E-state index contributed by atoms with van der Waals surface area (Å²) in [5.41, 5.74) is 0.173. The Bertz CT molecular complexity index is 1080. The summed E-state index contributed by atoms with van der Waals surface area (Å²) >= 11 is 0. The first-order chi connectivity index (χ1) is 17.9. The number of carbonyl (C=O) groups is 4. The molecule has 1 heterocycles. The number of carbonyl (C=O) groups excluding carboxylic acids is 2. The molecule has 5 atom stereocenters. The molecule has 0 bridgehead atoms. The lowest BCUT2D eigenvalue weighted by molar-refractivity contribution is -0.173. The normalized spacial score (nSPS) is 29.7. The van der Waals surface area contributed by atoms with Gasteiger partial charge < -0.3 is 24.6 Å². The van der Waals surface area contributed by atoms with E-state index in [1.165, 1.54) is 18.1 Å². The first-order valence-corrected chi connectivity index (χ1v) is 13.1. The maximum atomic E-state index is 13.9. The zero-order valence-corrected chi connectivity index (χ0v) is 22.8. The number of amides is 1. The Morgan fingerprint density at radius 2 is 1.79 bits per heavy atom.